The van der Waals surface area contributed by atoms with Crippen molar-refractivity contribution in [3.05, 3.63) is 57.3 Å². The van der Waals surface area contributed by atoms with Crippen LogP contribution in [0.25, 0.3) is 0 Å². The molecule has 1 aromatic heterocycles. The Bertz CT molecular complexity index is 705. The van der Waals surface area contributed by atoms with E-state index in [0.29, 0.717) is 0 Å². The van der Waals surface area contributed by atoms with Gasteiger partial charge in [-0.25, -0.2) is 0 Å². The summed E-state index contributed by atoms with van der Waals surface area (Å²) in [6, 6.07) is 10.3. The quantitative estimate of drug-likeness (QED) is 0.763. The Morgan fingerprint density at radius 1 is 1.19 bits per heavy atom. The number of nitrogens with zero attached hydrogens (tertiary/aromatic N) is 2. The van der Waals surface area contributed by atoms with E-state index in [1.165, 1.54) is 11.4 Å². The predicted molar refractivity (Wildman–Crippen MR) is 87.5 cm³/mol. The minimum atomic E-state index is 0.100. The fourth-order valence-electron chi connectivity index (χ4n) is 3.06. The fraction of sp³-hybridized carbons (Fsp3) is 0.353. The molecule has 0 radical (unpaired) electrons. The van der Waals surface area contributed by atoms with Gasteiger partial charge in [0.2, 0.25) is 0 Å². The summed E-state index contributed by atoms with van der Waals surface area (Å²) in [5, 5.41) is 0. The molecule has 0 saturated carbocycles. The molecule has 1 aliphatic heterocycles. The van der Waals surface area contributed by atoms with Gasteiger partial charge in [-0.05, 0) is 61.0 Å². The van der Waals surface area contributed by atoms with E-state index in [9.17, 15) is 4.79 Å². The molecular formula is C17H19BrN2O. The number of halogens is 1. The molecule has 0 bridgehead atoms. The molecular weight excluding hydrogens is 328 g/mol. The van der Waals surface area contributed by atoms with E-state index < -0.39 is 0 Å². The Balaban J connectivity index is 1.95. The van der Waals surface area contributed by atoms with E-state index in [-0.39, 0.29) is 11.9 Å². The van der Waals surface area contributed by atoms with Crippen LogP contribution in [0.2, 0.25) is 0 Å². The first-order valence-corrected chi connectivity index (χ1v) is 8.01. The van der Waals surface area contributed by atoms with Crippen LogP contribution >= 0.6 is 15.9 Å². The van der Waals surface area contributed by atoms with Crippen molar-refractivity contribution in [1.29, 1.82) is 0 Å². The Hall–Kier alpha value is -1.55. The molecule has 0 aliphatic carbocycles. The third-order valence-corrected chi connectivity index (χ3v) is 5.00. The van der Waals surface area contributed by atoms with Crippen LogP contribution in [-0.4, -0.2) is 21.9 Å². The molecule has 0 spiro atoms. The third-order valence-electron chi connectivity index (χ3n) is 4.31. The average Bonchev–Trinajstić information content (AvgIpc) is 2.84. The molecule has 0 saturated heterocycles. The van der Waals surface area contributed by atoms with Gasteiger partial charge in [0.15, 0.2) is 0 Å². The number of rotatable bonds is 1. The van der Waals surface area contributed by atoms with Crippen molar-refractivity contribution in [3.63, 3.8) is 0 Å². The standard InChI is InChI=1S/C17H19BrN2O/c1-11-4-6-15(18)14(10-11)17(21)20-9-8-19-12(2)5-7-16(19)13(20)3/h4-7,10,13H,8-9H2,1-3H3. The highest BCUT2D eigenvalue weighted by molar-refractivity contribution is 9.10. The second-order valence-corrected chi connectivity index (χ2v) is 6.56. The van der Waals surface area contributed by atoms with Gasteiger partial charge >= 0.3 is 0 Å². The summed E-state index contributed by atoms with van der Waals surface area (Å²) in [5.74, 6) is 0.100. The molecule has 1 atom stereocenters. The van der Waals surface area contributed by atoms with Crippen LogP contribution in [0.3, 0.4) is 0 Å². The third kappa shape index (κ3) is 2.42. The maximum absolute atomic E-state index is 12.9. The second kappa shape index (κ2) is 5.34. The lowest BCUT2D eigenvalue weighted by Gasteiger charge is -2.35. The molecule has 110 valence electrons. The number of hydrogen-bond acceptors (Lipinski definition) is 1. The van der Waals surface area contributed by atoms with Gasteiger partial charge < -0.3 is 9.47 Å². The van der Waals surface area contributed by atoms with Crippen LogP contribution in [0.5, 0.6) is 0 Å². The number of amides is 1. The fourth-order valence-corrected chi connectivity index (χ4v) is 3.47. The van der Waals surface area contributed by atoms with Crippen molar-refractivity contribution in [2.45, 2.75) is 33.4 Å². The summed E-state index contributed by atoms with van der Waals surface area (Å²) < 4.78 is 3.17. The summed E-state index contributed by atoms with van der Waals surface area (Å²) in [4.78, 5) is 14.9. The zero-order chi connectivity index (χ0) is 15.1. The highest BCUT2D eigenvalue weighted by atomic mass is 79.9. The number of aromatic nitrogens is 1. The van der Waals surface area contributed by atoms with Gasteiger partial charge in [0.25, 0.3) is 5.91 Å². The largest absolute Gasteiger partial charge is 0.345 e. The van der Waals surface area contributed by atoms with Crippen LogP contribution < -0.4 is 0 Å². The molecule has 1 aliphatic rings. The molecule has 0 fully saturated rings. The van der Waals surface area contributed by atoms with E-state index in [2.05, 4.69) is 46.5 Å². The topological polar surface area (TPSA) is 25.2 Å². The van der Waals surface area contributed by atoms with Crippen molar-refractivity contribution in [2.24, 2.45) is 0 Å². The SMILES string of the molecule is Cc1ccc(Br)c(C(=O)N2CCn3c(C)ccc3C2C)c1. The van der Waals surface area contributed by atoms with Crippen LogP contribution in [0.1, 0.15) is 40.3 Å². The number of fused-ring (bicyclic) bond motifs is 1. The number of carbonyl (C=O) groups excluding carboxylic acids is 1. The summed E-state index contributed by atoms with van der Waals surface area (Å²) in [6.45, 7) is 7.85. The number of aryl methyl sites for hydroxylation is 2. The average molecular weight is 347 g/mol. The molecule has 2 heterocycles. The molecule has 0 N–H and O–H groups in total. The lowest BCUT2D eigenvalue weighted by atomic mass is 10.1. The van der Waals surface area contributed by atoms with Gasteiger partial charge in [0.1, 0.15) is 0 Å². The van der Waals surface area contributed by atoms with E-state index in [0.717, 1.165) is 28.7 Å². The second-order valence-electron chi connectivity index (χ2n) is 5.71. The van der Waals surface area contributed by atoms with E-state index >= 15 is 0 Å². The first-order chi connectivity index (χ1) is 9.99. The van der Waals surface area contributed by atoms with E-state index in [1.807, 2.05) is 30.0 Å². The zero-order valence-corrected chi connectivity index (χ0v) is 14.1. The number of carbonyl (C=O) groups is 1. The number of benzene rings is 1. The van der Waals surface area contributed by atoms with Gasteiger partial charge in [-0.15, -0.1) is 0 Å². The Kier molecular flexibility index (Phi) is 3.66. The highest BCUT2D eigenvalue weighted by Gasteiger charge is 2.29. The summed E-state index contributed by atoms with van der Waals surface area (Å²) in [7, 11) is 0. The number of hydrogen-bond donors (Lipinski definition) is 0. The Labute approximate surface area is 133 Å². The predicted octanol–water partition coefficient (Wildman–Crippen LogP) is 4.08. The lowest BCUT2D eigenvalue weighted by Crippen LogP contribution is -2.41. The van der Waals surface area contributed by atoms with E-state index in [1.54, 1.807) is 0 Å². The molecule has 3 rings (SSSR count). The monoisotopic (exact) mass is 346 g/mol. The molecule has 2 aromatic rings. The molecule has 4 heteroatoms. The van der Waals surface area contributed by atoms with Crippen molar-refractivity contribution < 1.29 is 4.79 Å². The smallest absolute Gasteiger partial charge is 0.255 e. The molecule has 21 heavy (non-hydrogen) atoms. The molecule has 1 aromatic carbocycles. The van der Waals surface area contributed by atoms with Gasteiger partial charge in [-0.3, -0.25) is 4.79 Å². The van der Waals surface area contributed by atoms with Crippen LogP contribution in [0.15, 0.2) is 34.8 Å². The minimum Gasteiger partial charge on any atom is -0.345 e. The van der Waals surface area contributed by atoms with E-state index in [4.69, 9.17) is 0 Å². The van der Waals surface area contributed by atoms with Crippen molar-refractivity contribution in [3.8, 4) is 0 Å². The van der Waals surface area contributed by atoms with Crippen molar-refractivity contribution >= 4 is 21.8 Å². The van der Waals surface area contributed by atoms with Crippen molar-refractivity contribution in [2.75, 3.05) is 6.54 Å². The van der Waals surface area contributed by atoms with Crippen LogP contribution in [0, 0.1) is 13.8 Å². The maximum atomic E-state index is 12.9. The van der Waals surface area contributed by atoms with Gasteiger partial charge in [0, 0.05) is 29.0 Å². The summed E-state index contributed by atoms with van der Waals surface area (Å²) >= 11 is 3.50. The molecule has 1 amide bonds. The van der Waals surface area contributed by atoms with Gasteiger partial charge in [-0.1, -0.05) is 11.6 Å². The van der Waals surface area contributed by atoms with Crippen LogP contribution in [-0.2, 0) is 6.54 Å². The summed E-state index contributed by atoms with van der Waals surface area (Å²) in [6.07, 6.45) is 0. The zero-order valence-electron chi connectivity index (χ0n) is 12.6. The summed E-state index contributed by atoms with van der Waals surface area (Å²) in [5.41, 5.74) is 4.33. The maximum Gasteiger partial charge on any atom is 0.255 e. The first-order valence-electron chi connectivity index (χ1n) is 7.22. The van der Waals surface area contributed by atoms with Crippen molar-refractivity contribution in [1.82, 2.24) is 9.47 Å². The van der Waals surface area contributed by atoms with Gasteiger partial charge in [-0.2, -0.15) is 0 Å². The molecule has 3 nitrogen and oxygen atoms in total. The first kappa shape index (κ1) is 14.4. The normalized spacial score (nSPS) is 17.7. The molecule has 1 unspecified atom stereocenters. The Morgan fingerprint density at radius 3 is 2.71 bits per heavy atom. The Morgan fingerprint density at radius 2 is 1.95 bits per heavy atom. The van der Waals surface area contributed by atoms with Crippen LogP contribution in [0.4, 0.5) is 0 Å². The minimum absolute atomic E-state index is 0.100. The van der Waals surface area contributed by atoms with Gasteiger partial charge in [0.05, 0.1) is 11.6 Å². The highest BCUT2D eigenvalue weighted by Crippen LogP contribution is 2.30. The lowest BCUT2D eigenvalue weighted by molar-refractivity contribution is 0.0642.